The van der Waals surface area contributed by atoms with Gasteiger partial charge in [-0.05, 0) is 39.3 Å². The number of Topliss-reactive ketones (excluding diaryl/α,β-unsaturated/α-hetero) is 1. The molecule has 1 fully saturated rings. The van der Waals surface area contributed by atoms with Crippen LogP contribution in [0.15, 0.2) is 12.1 Å². The van der Waals surface area contributed by atoms with Crippen molar-refractivity contribution in [1.82, 2.24) is 4.90 Å². The molecule has 0 bridgehead atoms. The minimum absolute atomic E-state index is 0.0544. The lowest BCUT2D eigenvalue weighted by Crippen LogP contribution is -2.51. The van der Waals surface area contributed by atoms with Gasteiger partial charge in [-0.3, -0.25) is 4.79 Å². The number of hydrogen-bond acceptors (Lipinski definition) is 5. The second kappa shape index (κ2) is 7.45. The predicted molar refractivity (Wildman–Crippen MR) is 90.2 cm³/mol. The van der Waals surface area contributed by atoms with Crippen molar-refractivity contribution in [3.05, 3.63) is 21.9 Å². The van der Waals surface area contributed by atoms with Gasteiger partial charge < -0.3 is 14.4 Å². The Hall–Kier alpha value is -1.40. The van der Waals surface area contributed by atoms with E-state index < -0.39 is 5.60 Å². The Balaban J connectivity index is 2.03. The lowest BCUT2D eigenvalue weighted by atomic mass is 10.1. The third-order valence-electron chi connectivity index (χ3n) is 3.56. The van der Waals surface area contributed by atoms with Gasteiger partial charge >= 0.3 is 6.09 Å². The van der Waals surface area contributed by atoms with Crippen LogP contribution in [0, 0.1) is 0 Å². The van der Waals surface area contributed by atoms with Gasteiger partial charge in [-0.25, -0.2) is 4.79 Å². The molecule has 1 aliphatic rings. The van der Waals surface area contributed by atoms with E-state index in [4.69, 9.17) is 9.47 Å². The zero-order valence-corrected chi connectivity index (χ0v) is 15.1. The van der Waals surface area contributed by atoms with Gasteiger partial charge in [0.15, 0.2) is 5.78 Å². The monoisotopic (exact) mass is 339 g/mol. The Kier molecular flexibility index (Phi) is 5.81. The Morgan fingerprint density at radius 2 is 2.13 bits per heavy atom. The van der Waals surface area contributed by atoms with E-state index in [0.29, 0.717) is 19.8 Å². The Bertz CT molecular complexity index is 561. The van der Waals surface area contributed by atoms with E-state index in [1.54, 1.807) is 4.90 Å². The second-order valence-corrected chi connectivity index (χ2v) is 7.82. The number of nitrogens with zero attached hydrogens (tertiary/aromatic N) is 1. The number of thiophene rings is 1. The molecule has 0 saturated carbocycles. The summed E-state index contributed by atoms with van der Waals surface area (Å²) in [6.07, 6.45) is 0.816. The maximum atomic E-state index is 12.5. The summed E-state index contributed by atoms with van der Waals surface area (Å²) in [5, 5.41) is 0. The van der Waals surface area contributed by atoms with Gasteiger partial charge in [0, 0.05) is 17.8 Å². The predicted octanol–water partition coefficient (Wildman–Crippen LogP) is 3.52. The van der Waals surface area contributed by atoms with Crippen molar-refractivity contribution in [1.29, 1.82) is 0 Å². The molecule has 23 heavy (non-hydrogen) atoms. The number of ketones is 1. The molecule has 0 aromatic carbocycles. The van der Waals surface area contributed by atoms with Crippen molar-refractivity contribution in [2.45, 2.75) is 52.2 Å². The molecule has 2 heterocycles. The molecule has 1 atom stereocenters. The number of morpholine rings is 1. The summed E-state index contributed by atoms with van der Waals surface area (Å²) in [5.41, 5.74) is -0.548. The molecule has 1 aliphatic heterocycles. The number of ether oxygens (including phenoxy) is 2. The van der Waals surface area contributed by atoms with Crippen LogP contribution in [0.1, 0.15) is 48.7 Å². The highest BCUT2D eigenvalue weighted by Gasteiger charge is 2.32. The molecule has 5 nitrogen and oxygen atoms in total. The van der Waals surface area contributed by atoms with Crippen molar-refractivity contribution in [2.24, 2.45) is 0 Å². The van der Waals surface area contributed by atoms with Crippen LogP contribution < -0.4 is 0 Å². The van der Waals surface area contributed by atoms with Crippen LogP contribution in [0.4, 0.5) is 4.79 Å². The van der Waals surface area contributed by atoms with Crippen LogP contribution in [0.25, 0.3) is 0 Å². The van der Waals surface area contributed by atoms with E-state index in [9.17, 15) is 9.59 Å². The molecule has 1 aromatic heterocycles. The SMILES string of the molecule is CCc1ccc(C(=O)CC2COCCN2C(=O)OC(C)(C)C)s1. The summed E-state index contributed by atoms with van der Waals surface area (Å²) in [7, 11) is 0. The molecule has 0 N–H and O–H groups in total. The summed E-state index contributed by atoms with van der Waals surface area (Å²) in [5.74, 6) is 0.0544. The number of carbonyl (C=O) groups excluding carboxylic acids is 2. The van der Waals surface area contributed by atoms with E-state index in [2.05, 4.69) is 6.92 Å². The Labute approximate surface area is 141 Å². The highest BCUT2D eigenvalue weighted by atomic mass is 32.1. The quantitative estimate of drug-likeness (QED) is 0.788. The van der Waals surface area contributed by atoms with Crippen molar-refractivity contribution in [3.63, 3.8) is 0 Å². The maximum Gasteiger partial charge on any atom is 0.410 e. The summed E-state index contributed by atoms with van der Waals surface area (Å²) < 4.78 is 10.9. The van der Waals surface area contributed by atoms with Crippen LogP contribution in [-0.4, -0.2) is 48.2 Å². The first-order chi connectivity index (χ1) is 10.8. The number of rotatable bonds is 4. The number of carbonyl (C=O) groups is 2. The molecule has 1 aromatic rings. The van der Waals surface area contributed by atoms with Crippen LogP contribution in [-0.2, 0) is 15.9 Å². The Morgan fingerprint density at radius 3 is 2.74 bits per heavy atom. The molecular weight excluding hydrogens is 314 g/mol. The highest BCUT2D eigenvalue weighted by Crippen LogP contribution is 2.22. The molecular formula is C17H25NO4S. The molecule has 1 unspecified atom stereocenters. The van der Waals surface area contributed by atoms with Crippen molar-refractivity contribution >= 4 is 23.2 Å². The zero-order chi connectivity index (χ0) is 17.0. The van der Waals surface area contributed by atoms with Gasteiger partial charge in [-0.1, -0.05) is 6.92 Å². The fourth-order valence-electron chi connectivity index (χ4n) is 2.42. The molecule has 1 amide bonds. The number of hydrogen-bond donors (Lipinski definition) is 0. The molecule has 6 heteroatoms. The van der Waals surface area contributed by atoms with E-state index in [-0.39, 0.29) is 24.3 Å². The van der Waals surface area contributed by atoms with E-state index in [1.165, 1.54) is 16.2 Å². The molecule has 2 rings (SSSR count). The first kappa shape index (κ1) is 17.9. The average molecular weight is 339 g/mol. The standard InChI is InChI=1S/C17H25NO4S/c1-5-13-6-7-15(23-13)14(19)10-12-11-21-9-8-18(12)16(20)22-17(2,3)4/h6-7,12H,5,8-11H2,1-4H3. The van der Waals surface area contributed by atoms with Crippen molar-refractivity contribution in [3.8, 4) is 0 Å². The van der Waals surface area contributed by atoms with Crippen molar-refractivity contribution in [2.75, 3.05) is 19.8 Å². The molecule has 1 saturated heterocycles. The Morgan fingerprint density at radius 1 is 1.39 bits per heavy atom. The van der Waals surface area contributed by atoms with Crippen LogP contribution >= 0.6 is 11.3 Å². The van der Waals surface area contributed by atoms with Gasteiger partial charge in [0.05, 0.1) is 24.1 Å². The summed E-state index contributed by atoms with van der Waals surface area (Å²) in [4.78, 5) is 28.4. The van der Waals surface area contributed by atoms with Gasteiger partial charge in [-0.2, -0.15) is 0 Å². The fourth-order valence-corrected chi connectivity index (χ4v) is 3.31. The topological polar surface area (TPSA) is 55.8 Å². The van der Waals surface area contributed by atoms with E-state index in [0.717, 1.165) is 11.3 Å². The van der Waals surface area contributed by atoms with Crippen molar-refractivity contribution < 1.29 is 19.1 Å². The molecule has 0 aliphatic carbocycles. The smallest absolute Gasteiger partial charge is 0.410 e. The zero-order valence-electron chi connectivity index (χ0n) is 14.3. The van der Waals surface area contributed by atoms with E-state index in [1.807, 2.05) is 32.9 Å². The minimum Gasteiger partial charge on any atom is -0.444 e. The number of aryl methyl sites for hydroxylation is 1. The van der Waals surface area contributed by atoms with Gasteiger partial charge in [-0.15, -0.1) is 11.3 Å². The third kappa shape index (κ3) is 5.04. The summed E-state index contributed by atoms with van der Waals surface area (Å²) in [6.45, 7) is 8.88. The first-order valence-electron chi connectivity index (χ1n) is 7.99. The normalized spacial score (nSPS) is 18.8. The largest absolute Gasteiger partial charge is 0.444 e. The summed E-state index contributed by atoms with van der Waals surface area (Å²) >= 11 is 1.52. The highest BCUT2D eigenvalue weighted by molar-refractivity contribution is 7.14. The van der Waals surface area contributed by atoms with Crippen LogP contribution in [0.3, 0.4) is 0 Å². The second-order valence-electron chi connectivity index (χ2n) is 6.65. The molecule has 128 valence electrons. The minimum atomic E-state index is -0.548. The third-order valence-corrected chi connectivity index (χ3v) is 4.83. The molecule has 0 spiro atoms. The summed E-state index contributed by atoms with van der Waals surface area (Å²) in [6, 6.07) is 3.59. The van der Waals surface area contributed by atoms with Gasteiger partial charge in [0.1, 0.15) is 5.60 Å². The maximum absolute atomic E-state index is 12.5. The lowest BCUT2D eigenvalue weighted by molar-refractivity contribution is -0.0322. The van der Waals surface area contributed by atoms with E-state index >= 15 is 0 Å². The first-order valence-corrected chi connectivity index (χ1v) is 8.81. The average Bonchev–Trinajstić information content (AvgIpc) is 2.95. The van der Waals surface area contributed by atoms with Gasteiger partial charge in [0.25, 0.3) is 0 Å². The fraction of sp³-hybridized carbons (Fsp3) is 0.647. The molecule has 0 radical (unpaired) electrons. The van der Waals surface area contributed by atoms with Crippen LogP contribution in [0.5, 0.6) is 0 Å². The van der Waals surface area contributed by atoms with Gasteiger partial charge in [0.2, 0.25) is 0 Å². The number of amides is 1. The van der Waals surface area contributed by atoms with Crippen LogP contribution in [0.2, 0.25) is 0 Å². The lowest BCUT2D eigenvalue weighted by Gasteiger charge is -2.36.